The van der Waals surface area contributed by atoms with Gasteiger partial charge in [0.1, 0.15) is 12.7 Å². The van der Waals surface area contributed by atoms with E-state index < -0.39 is 0 Å². The number of para-hydroxylation sites is 2. The molecule has 0 radical (unpaired) electrons. The van der Waals surface area contributed by atoms with Crippen LogP contribution in [0.15, 0.2) is 60.7 Å². The molecule has 1 atom stereocenters. The van der Waals surface area contributed by atoms with Gasteiger partial charge < -0.3 is 14.8 Å². The Morgan fingerprint density at radius 1 is 1.09 bits per heavy atom. The fraction of sp³-hybridized carbons (Fsp3) is 0.167. The average molecular weight is 295 g/mol. The van der Waals surface area contributed by atoms with Gasteiger partial charge in [0.25, 0.3) is 0 Å². The van der Waals surface area contributed by atoms with E-state index in [1.807, 2.05) is 54.6 Å². The van der Waals surface area contributed by atoms with Gasteiger partial charge in [-0.25, -0.2) is 0 Å². The zero-order valence-electron chi connectivity index (χ0n) is 12.1. The van der Waals surface area contributed by atoms with Gasteiger partial charge in [-0.3, -0.25) is 4.79 Å². The van der Waals surface area contributed by atoms with Crippen LogP contribution in [0.4, 0.5) is 0 Å². The molecule has 0 aliphatic carbocycles. The molecule has 0 aromatic heterocycles. The zero-order valence-corrected chi connectivity index (χ0v) is 12.1. The number of hydrogen-bond donors (Lipinski definition) is 1. The molecule has 0 saturated carbocycles. The van der Waals surface area contributed by atoms with Crippen molar-refractivity contribution in [3.8, 4) is 11.5 Å². The van der Waals surface area contributed by atoms with Crippen molar-refractivity contribution in [2.45, 2.75) is 6.10 Å². The third-order valence-corrected chi connectivity index (χ3v) is 3.30. The molecule has 1 heterocycles. The van der Waals surface area contributed by atoms with Crippen molar-refractivity contribution < 1.29 is 14.3 Å². The molecule has 1 N–H and O–H groups in total. The highest BCUT2D eigenvalue weighted by Gasteiger charge is 2.20. The van der Waals surface area contributed by atoms with Gasteiger partial charge in [-0.2, -0.15) is 0 Å². The molecule has 22 heavy (non-hydrogen) atoms. The quantitative estimate of drug-likeness (QED) is 0.882. The van der Waals surface area contributed by atoms with Crippen molar-refractivity contribution in [2.75, 3.05) is 13.2 Å². The van der Waals surface area contributed by atoms with E-state index >= 15 is 0 Å². The Labute approximate surface area is 129 Å². The van der Waals surface area contributed by atoms with E-state index in [0.29, 0.717) is 18.9 Å². The van der Waals surface area contributed by atoms with Crippen LogP contribution in [0.2, 0.25) is 0 Å². The predicted molar refractivity (Wildman–Crippen MR) is 84.8 cm³/mol. The molecule has 2 aromatic rings. The lowest BCUT2D eigenvalue weighted by molar-refractivity contribution is -0.116. The highest BCUT2D eigenvalue weighted by molar-refractivity contribution is 5.91. The monoisotopic (exact) mass is 295 g/mol. The number of nitrogens with one attached hydrogen (secondary N) is 1. The summed E-state index contributed by atoms with van der Waals surface area (Å²) in [6.07, 6.45) is 3.12. The van der Waals surface area contributed by atoms with Gasteiger partial charge >= 0.3 is 0 Å². The third kappa shape index (κ3) is 3.67. The van der Waals surface area contributed by atoms with Gasteiger partial charge in [-0.15, -0.1) is 0 Å². The maximum Gasteiger partial charge on any atom is 0.244 e. The summed E-state index contributed by atoms with van der Waals surface area (Å²) in [5.74, 6) is 1.31. The molecule has 112 valence electrons. The highest BCUT2D eigenvalue weighted by atomic mass is 16.6. The van der Waals surface area contributed by atoms with Crippen molar-refractivity contribution in [1.29, 1.82) is 0 Å². The second-order valence-electron chi connectivity index (χ2n) is 4.99. The number of ether oxygens (including phenoxy) is 2. The van der Waals surface area contributed by atoms with Crippen molar-refractivity contribution >= 4 is 12.0 Å². The Morgan fingerprint density at radius 3 is 2.64 bits per heavy atom. The third-order valence-electron chi connectivity index (χ3n) is 3.30. The maximum absolute atomic E-state index is 11.8. The lowest BCUT2D eigenvalue weighted by atomic mass is 10.2. The number of hydrogen-bond acceptors (Lipinski definition) is 3. The van der Waals surface area contributed by atoms with Gasteiger partial charge in [0, 0.05) is 6.08 Å². The van der Waals surface area contributed by atoms with Crippen LogP contribution in [0.5, 0.6) is 11.5 Å². The summed E-state index contributed by atoms with van der Waals surface area (Å²) < 4.78 is 11.4. The molecule has 1 aliphatic heterocycles. The minimum atomic E-state index is -0.177. The number of amides is 1. The maximum atomic E-state index is 11.8. The molecular weight excluding hydrogens is 278 g/mol. The molecule has 2 aromatic carbocycles. The summed E-state index contributed by atoms with van der Waals surface area (Å²) >= 11 is 0. The molecule has 1 aliphatic rings. The lowest BCUT2D eigenvalue weighted by Gasteiger charge is -2.26. The minimum Gasteiger partial charge on any atom is -0.486 e. The van der Waals surface area contributed by atoms with E-state index in [0.717, 1.165) is 11.3 Å². The van der Waals surface area contributed by atoms with Crippen LogP contribution in [-0.4, -0.2) is 25.2 Å². The van der Waals surface area contributed by atoms with Gasteiger partial charge in [-0.05, 0) is 23.8 Å². The van der Waals surface area contributed by atoms with E-state index in [1.165, 1.54) is 6.08 Å². The van der Waals surface area contributed by atoms with Crippen LogP contribution < -0.4 is 14.8 Å². The smallest absolute Gasteiger partial charge is 0.244 e. The van der Waals surface area contributed by atoms with Crippen molar-refractivity contribution in [3.05, 3.63) is 66.2 Å². The van der Waals surface area contributed by atoms with E-state index in [4.69, 9.17) is 9.47 Å². The number of carbonyl (C=O) groups is 1. The molecule has 4 nitrogen and oxygen atoms in total. The predicted octanol–water partition coefficient (Wildman–Crippen LogP) is 2.66. The van der Waals surface area contributed by atoms with Gasteiger partial charge in [0.05, 0.1) is 6.54 Å². The second kappa shape index (κ2) is 6.80. The summed E-state index contributed by atoms with van der Waals surface area (Å²) in [5.41, 5.74) is 0.990. The van der Waals surface area contributed by atoms with Crippen LogP contribution in [0, 0.1) is 0 Å². The first-order chi connectivity index (χ1) is 10.8. The topological polar surface area (TPSA) is 47.6 Å². The Hall–Kier alpha value is -2.75. The number of carbonyl (C=O) groups excluding carboxylic acids is 1. The van der Waals surface area contributed by atoms with Crippen molar-refractivity contribution in [1.82, 2.24) is 5.32 Å². The van der Waals surface area contributed by atoms with Crippen LogP contribution in [0.1, 0.15) is 5.56 Å². The molecule has 0 fully saturated rings. The Kier molecular flexibility index (Phi) is 4.39. The molecule has 1 amide bonds. The Morgan fingerprint density at radius 2 is 1.82 bits per heavy atom. The van der Waals surface area contributed by atoms with Crippen LogP contribution in [-0.2, 0) is 4.79 Å². The van der Waals surface area contributed by atoms with Crippen LogP contribution in [0.25, 0.3) is 6.08 Å². The average Bonchev–Trinajstić information content (AvgIpc) is 2.59. The Balaban J connectivity index is 1.49. The molecular formula is C18H17NO3. The summed E-state index contributed by atoms with van der Waals surface area (Å²) in [6.45, 7) is 0.839. The Bertz CT molecular complexity index is 667. The van der Waals surface area contributed by atoms with Gasteiger partial charge in [-0.1, -0.05) is 42.5 Å². The highest BCUT2D eigenvalue weighted by Crippen LogP contribution is 2.30. The van der Waals surface area contributed by atoms with Crippen molar-refractivity contribution in [2.24, 2.45) is 0 Å². The first kappa shape index (κ1) is 14.2. The fourth-order valence-corrected chi connectivity index (χ4v) is 2.17. The number of benzene rings is 2. The largest absolute Gasteiger partial charge is 0.486 e. The minimum absolute atomic E-state index is 0.147. The first-order valence-corrected chi connectivity index (χ1v) is 7.21. The van der Waals surface area contributed by atoms with E-state index in [1.54, 1.807) is 6.08 Å². The summed E-state index contributed by atoms with van der Waals surface area (Å²) in [4.78, 5) is 11.8. The lowest BCUT2D eigenvalue weighted by Crippen LogP contribution is -2.40. The first-order valence-electron chi connectivity index (χ1n) is 7.21. The normalized spacial score (nSPS) is 16.5. The molecule has 4 heteroatoms. The summed E-state index contributed by atoms with van der Waals surface area (Å²) in [7, 11) is 0. The van der Waals surface area contributed by atoms with Crippen LogP contribution in [0.3, 0.4) is 0 Å². The molecule has 0 bridgehead atoms. The summed E-state index contributed by atoms with van der Waals surface area (Å²) in [5, 5.41) is 2.82. The number of fused-ring (bicyclic) bond motifs is 1. The molecule has 0 spiro atoms. The molecule has 3 rings (SSSR count). The van der Waals surface area contributed by atoms with Crippen molar-refractivity contribution in [3.63, 3.8) is 0 Å². The van der Waals surface area contributed by atoms with E-state index in [2.05, 4.69) is 5.32 Å². The SMILES string of the molecule is O=C(/C=C/c1ccccc1)NCC1COc2ccccc2O1. The number of rotatable bonds is 4. The second-order valence-corrected chi connectivity index (χ2v) is 4.99. The van der Waals surface area contributed by atoms with Crippen LogP contribution >= 0.6 is 0 Å². The van der Waals surface area contributed by atoms with E-state index in [-0.39, 0.29) is 12.0 Å². The van der Waals surface area contributed by atoms with E-state index in [9.17, 15) is 4.79 Å². The zero-order chi connectivity index (χ0) is 15.2. The summed E-state index contributed by atoms with van der Waals surface area (Å²) in [6, 6.07) is 17.2. The molecule has 1 unspecified atom stereocenters. The van der Waals surface area contributed by atoms with Gasteiger partial charge in [0.2, 0.25) is 5.91 Å². The van der Waals surface area contributed by atoms with Gasteiger partial charge in [0.15, 0.2) is 11.5 Å². The fourth-order valence-electron chi connectivity index (χ4n) is 2.17. The molecule has 0 saturated heterocycles. The standard InChI is InChI=1S/C18H17NO3/c20-18(11-10-14-6-2-1-3-7-14)19-12-15-13-21-16-8-4-5-9-17(16)22-15/h1-11,15H,12-13H2,(H,19,20)/b11-10+.